The molecule has 2 aromatic rings. The second-order valence-electron chi connectivity index (χ2n) is 23.7. The van der Waals surface area contributed by atoms with Crippen LogP contribution in [-0.4, -0.2) is 222 Å². The Bertz CT molecular complexity index is 3150. The molecule has 510 valence electrons. The SMILES string of the molecule is COc1cccc2c1C(=O)c1c(O)c3c(c(O)c1C2=O)C[C@@](O)(C(=O)CO)C[C@@H]3O[C@H]1C[C@H](NC(=O)C(CC(C)C)NC(=O)[C@@H](CC(N)=O)NC(=O)[C@@H](C)NC(=O)[C@@H](C)CC(=O)CCOCCOCCOCCOCCCC(=O)CCN2C(=O)C=CC2=O)[C@H](O)[C@H](C)O1. The summed E-state index contributed by atoms with van der Waals surface area (Å²) in [5.74, 6) is -11.5. The number of aliphatic hydroxyl groups is 3. The molecule has 11 N–H and O–H groups in total. The van der Waals surface area contributed by atoms with Crippen LogP contribution in [0.5, 0.6) is 17.2 Å². The van der Waals surface area contributed by atoms with Crippen molar-refractivity contribution in [2.24, 2.45) is 17.6 Å². The lowest BCUT2D eigenvalue weighted by molar-refractivity contribution is -0.249. The molecule has 0 bridgehead atoms. The predicted molar refractivity (Wildman–Crippen MR) is 322 cm³/mol. The van der Waals surface area contributed by atoms with E-state index >= 15 is 0 Å². The Morgan fingerprint density at radius 1 is 0.731 bits per heavy atom. The van der Waals surface area contributed by atoms with Crippen molar-refractivity contribution < 1.29 is 116 Å². The van der Waals surface area contributed by atoms with Gasteiger partial charge in [0.15, 0.2) is 17.9 Å². The highest BCUT2D eigenvalue weighted by Gasteiger charge is 2.51. The van der Waals surface area contributed by atoms with Gasteiger partial charge in [0, 0.05) is 92.9 Å². The topological polar surface area (TPSA) is 448 Å². The molecular weight excluding hydrogens is 1220 g/mol. The van der Waals surface area contributed by atoms with E-state index in [4.69, 9.17) is 38.9 Å². The van der Waals surface area contributed by atoms with E-state index in [0.717, 1.165) is 4.90 Å². The number of fused-ring (bicyclic) bond motifs is 3. The Hall–Kier alpha value is -7.94. The standard InChI is InChI=1S/C63H84N6O24/c1-32(2)25-41(61(84)66-40-28-49(92-35(5)54(40)77)93-44-30-63(86,45(73)31-70)29-39-51(44)58(81)53-52(56(39)79)55(78)38-10-7-11-43(87-6)50(38)57(53)80)68-62(85)42(27-46(64)74)67-60(83)34(4)65-59(82)33(3)26-37(72)15-18-89-20-22-91-24-23-90-21-19-88-17-8-9-36(71)14-16-69-47(75)12-13-48(69)76/h7,10-13,32-35,40-42,44,49,54,70,77,79,81,86H,8-9,14-31H2,1-6H3,(H2,64,74)(H,65,82)(H,66,84)(H,67,83)(H,68,85)/t33-,34+,35-,40-,41?,42+,44-,49-,54+,63-/m0/s1. The molecule has 6 rings (SSSR count). The van der Waals surface area contributed by atoms with Crippen molar-refractivity contribution in [3.8, 4) is 17.2 Å². The van der Waals surface area contributed by atoms with E-state index in [2.05, 4.69) is 21.3 Å². The number of imide groups is 1. The maximum Gasteiger partial charge on any atom is 0.253 e. The molecule has 2 aliphatic carbocycles. The first-order valence-electron chi connectivity index (χ1n) is 30.7. The van der Waals surface area contributed by atoms with Crippen molar-refractivity contribution in [2.45, 2.75) is 153 Å². The third-order valence-corrected chi connectivity index (χ3v) is 16.1. The number of carbonyl (C=O) groups excluding carboxylic acids is 12. The molecule has 0 radical (unpaired) electrons. The molecule has 2 aliphatic heterocycles. The van der Waals surface area contributed by atoms with Crippen LogP contribution in [0, 0.1) is 11.8 Å². The summed E-state index contributed by atoms with van der Waals surface area (Å²) in [6.45, 7) is 8.51. The first kappa shape index (κ1) is 74.1. The zero-order valence-electron chi connectivity index (χ0n) is 52.8. The number of primary amides is 1. The first-order valence-corrected chi connectivity index (χ1v) is 30.7. The fourth-order valence-corrected chi connectivity index (χ4v) is 11.1. The summed E-state index contributed by atoms with van der Waals surface area (Å²) < 4.78 is 39.5. The van der Waals surface area contributed by atoms with Crippen LogP contribution in [0.15, 0.2) is 30.4 Å². The summed E-state index contributed by atoms with van der Waals surface area (Å²) in [5, 5.41) is 66.9. The van der Waals surface area contributed by atoms with Crippen LogP contribution < -0.4 is 31.7 Å². The van der Waals surface area contributed by atoms with Gasteiger partial charge in [0.2, 0.25) is 35.3 Å². The molecule has 10 atom stereocenters. The monoisotopic (exact) mass is 1310 g/mol. The lowest BCUT2D eigenvalue weighted by Gasteiger charge is -2.43. The first-order chi connectivity index (χ1) is 44.1. The Morgan fingerprint density at radius 3 is 1.96 bits per heavy atom. The van der Waals surface area contributed by atoms with Gasteiger partial charge in [-0.2, -0.15) is 0 Å². The van der Waals surface area contributed by atoms with Crippen LogP contribution in [0.25, 0.3) is 0 Å². The van der Waals surface area contributed by atoms with Gasteiger partial charge in [-0.1, -0.05) is 32.9 Å². The second-order valence-corrected chi connectivity index (χ2v) is 23.7. The summed E-state index contributed by atoms with van der Waals surface area (Å²) in [7, 11) is 1.26. The third-order valence-electron chi connectivity index (χ3n) is 16.1. The number of carbonyl (C=O) groups is 12. The number of ether oxygens (including phenoxy) is 7. The number of rotatable bonds is 38. The summed E-state index contributed by atoms with van der Waals surface area (Å²) in [5.41, 5.74) is 0.778. The maximum absolute atomic E-state index is 14.2. The molecule has 0 aromatic heterocycles. The lowest BCUT2D eigenvalue weighted by Crippen LogP contribution is -2.60. The molecule has 1 saturated heterocycles. The van der Waals surface area contributed by atoms with Crippen molar-refractivity contribution in [1.29, 1.82) is 0 Å². The van der Waals surface area contributed by atoms with E-state index < -0.39 is 167 Å². The Balaban J connectivity index is 0.948. The molecule has 2 aromatic carbocycles. The Kier molecular flexibility index (Phi) is 27.3. The highest BCUT2D eigenvalue weighted by atomic mass is 16.7. The number of ketones is 5. The number of aromatic hydroxyl groups is 2. The normalized spacial score (nSPS) is 21.2. The quantitative estimate of drug-likeness (QED) is 0.0192. The zero-order chi connectivity index (χ0) is 68.4. The van der Waals surface area contributed by atoms with Crippen LogP contribution in [-0.2, 0) is 82.8 Å². The maximum atomic E-state index is 14.2. The van der Waals surface area contributed by atoms with Gasteiger partial charge in [-0.3, -0.25) is 62.4 Å². The smallest absolute Gasteiger partial charge is 0.253 e. The number of nitrogens with zero attached hydrogens (tertiary/aromatic N) is 1. The van der Waals surface area contributed by atoms with E-state index in [0.29, 0.717) is 26.2 Å². The molecule has 93 heavy (non-hydrogen) atoms. The van der Waals surface area contributed by atoms with Crippen molar-refractivity contribution in [2.75, 3.05) is 73.1 Å². The van der Waals surface area contributed by atoms with Crippen molar-refractivity contribution >= 4 is 70.3 Å². The lowest BCUT2D eigenvalue weighted by atomic mass is 9.72. The molecule has 2 heterocycles. The Labute approximate surface area is 535 Å². The molecular formula is C63H84N6O24. The van der Waals surface area contributed by atoms with Gasteiger partial charge in [0.25, 0.3) is 11.8 Å². The molecule has 7 amide bonds. The molecule has 4 aliphatic rings. The van der Waals surface area contributed by atoms with Gasteiger partial charge in [-0.15, -0.1) is 0 Å². The number of phenols is 2. The summed E-state index contributed by atoms with van der Waals surface area (Å²) in [6, 6.07) is -1.43. The van der Waals surface area contributed by atoms with Gasteiger partial charge in [0.05, 0.1) is 94.7 Å². The summed E-state index contributed by atoms with van der Waals surface area (Å²) in [4.78, 5) is 157. The van der Waals surface area contributed by atoms with Gasteiger partial charge in [0.1, 0.15) is 65.3 Å². The van der Waals surface area contributed by atoms with Crippen LogP contribution in [0.4, 0.5) is 0 Å². The minimum Gasteiger partial charge on any atom is -0.507 e. The van der Waals surface area contributed by atoms with Crippen molar-refractivity contribution in [3.05, 3.63) is 63.7 Å². The number of Topliss-reactive ketones (excluding diaryl/α,β-unsaturated/α-hetero) is 3. The van der Waals surface area contributed by atoms with Gasteiger partial charge < -0.3 is 85.7 Å². The van der Waals surface area contributed by atoms with Crippen LogP contribution in [0.1, 0.15) is 141 Å². The average Bonchev–Trinajstić information content (AvgIpc) is 0.963. The number of hydrogen-bond donors (Lipinski definition) is 10. The fourth-order valence-electron chi connectivity index (χ4n) is 11.1. The zero-order valence-corrected chi connectivity index (χ0v) is 52.8. The molecule has 0 saturated carbocycles. The van der Waals surface area contributed by atoms with Crippen molar-refractivity contribution in [1.82, 2.24) is 26.2 Å². The van der Waals surface area contributed by atoms with Crippen LogP contribution in [0.3, 0.4) is 0 Å². The molecule has 1 unspecified atom stereocenters. The minimum atomic E-state index is -2.48. The number of nitrogens with one attached hydrogen (secondary N) is 4. The Morgan fingerprint density at radius 2 is 1.34 bits per heavy atom. The molecule has 30 nitrogen and oxygen atoms in total. The fraction of sp³-hybridized carbons (Fsp3) is 0.587. The van der Waals surface area contributed by atoms with E-state index in [1.807, 2.05) is 0 Å². The second kappa shape index (κ2) is 34.3. The number of amides is 7. The molecule has 30 heteroatoms. The van der Waals surface area contributed by atoms with E-state index in [1.165, 1.54) is 58.2 Å². The van der Waals surface area contributed by atoms with Gasteiger partial charge in [-0.25, -0.2) is 0 Å². The molecule has 0 spiro atoms. The summed E-state index contributed by atoms with van der Waals surface area (Å²) >= 11 is 0. The predicted octanol–water partition coefficient (Wildman–Crippen LogP) is -0.729. The third kappa shape index (κ3) is 19.6. The van der Waals surface area contributed by atoms with E-state index in [9.17, 15) is 83.1 Å². The minimum absolute atomic E-state index is 0.00602. The largest absolute Gasteiger partial charge is 0.507 e. The number of methoxy groups -OCH3 is 1. The number of benzene rings is 2. The highest BCUT2D eigenvalue weighted by molar-refractivity contribution is 6.31. The number of hydrogen-bond acceptors (Lipinski definition) is 24. The van der Waals surface area contributed by atoms with Crippen LogP contribution in [0.2, 0.25) is 0 Å². The summed E-state index contributed by atoms with van der Waals surface area (Å²) in [6.07, 6.45) is -5.30. The number of aliphatic hydroxyl groups excluding tert-OH is 2. The number of phenolic OH excluding ortho intramolecular Hbond substituents is 2. The van der Waals surface area contributed by atoms with Gasteiger partial charge in [-0.05, 0) is 38.7 Å². The number of nitrogens with two attached hydrogens (primary N) is 1. The van der Waals surface area contributed by atoms with E-state index in [1.54, 1.807) is 13.8 Å². The van der Waals surface area contributed by atoms with Gasteiger partial charge >= 0.3 is 0 Å². The van der Waals surface area contributed by atoms with Crippen LogP contribution >= 0.6 is 0 Å². The van der Waals surface area contributed by atoms with Crippen molar-refractivity contribution in [3.63, 3.8) is 0 Å². The molecule has 1 fully saturated rings. The van der Waals surface area contributed by atoms with E-state index in [-0.39, 0.29) is 124 Å². The average molecular weight is 1310 g/mol. The highest BCUT2D eigenvalue weighted by Crippen LogP contribution is 2.52.